The predicted octanol–water partition coefficient (Wildman–Crippen LogP) is 3.35. The third-order valence-corrected chi connectivity index (χ3v) is 3.93. The highest BCUT2D eigenvalue weighted by Crippen LogP contribution is 2.30. The minimum atomic E-state index is -0.0333. The zero-order valence-electron chi connectivity index (χ0n) is 12.1. The molecule has 0 aliphatic heterocycles. The number of nitrogens with zero attached hydrogens (tertiary/aromatic N) is 1. The van der Waals surface area contributed by atoms with Gasteiger partial charge in [0.25, 0.3) is 0 Å². The Bertz CT molecular complexity index is 747. The molecular formula is C18H19N3. The first-order valence-electron chi connectivity index (χ1n) is 7.21. The summed E-state index contributed by atoms with van der Waals surface area (Å²) in [5, 5.41) is 2.45. The molecule has 0 fully saturated rings. The van der Waals surface area contributed by atoms with Crippen LogP contribution in [0.3, 0.4) is 0 Å². The number of hydrogen-bond donors (Lipinski definition) is 2. The number of nitrogens with one attached hydrogen (secondary N) is 1. The van der Waals surface area contributed by atoms with Gasteiger partial charge in [-0.15, -0.1) is 0 Å². The fourth-order valence-electron chi connectivity index (χ4n) is 2.86. The van der Waals surface area contributed by atoms with Gasteiger partial charge < -0.3 is 0 Å². The van der Waals surface area contributed by atoms with E-state index >= 15 is 0 Å². The Morgan fingerprint density at radius 2 is 1.86 bits per heavy atom. The lowest BCUT2D eigenvalue weighted by molar-refractivity contribution is 0.634. The van der Waals surface area contributed by atoms with Crippen LogP contribution in [0.1, 0.15) is 29.7 Å². The SMILES string of the molecule is CCc1cnccc1C(NN)c1cccc2ccccc12. The minimum Gasteiger partial charge on any atom is -0.271 e. The first kappa shape index (κ1) is 13.7. The van der Waals surface area contributed by atoms with E-state index in [1.807, 2.05) is 18.5 Å². The van der Waals surface area contributed by atoms with Crippen molar-refractivity contribution in [2.45, 2.75) is 19.4 Å². The summed E-state index contributed by atoms with van der Waals surface area (Å²) in [6.07, 6.45) is 4.68. The van der Waals surface area contributed by atoms with E-state index < -0.39 is 0 Å². The van der Waals surface area contributed by atoms with E-state index in [-0.39, 0.29) is 6.04 Å². The summed E-state index contributed by atoms with van der Waals surface area (Å²) in [5.74, 6) is 5.88. The van der Waals surface area contributed by atoms with Crippen LogP contribution in [-0.2, 0) is 6.42 Å². The number of benzene rings is 2. The van der Waals surface area contributed by atoms with E-state index in [4.69, 9.17) is 5.84 Å². The van der Waals surface area contributed by atoms with Crippen molar-refractivity contribution in [2.75, 3.05) is 0 Å². The van der Waals surface area contributed by atoms with E-state index in [2.05, 4.69) is 59.8 Å². The molecule has 3 aromatic rings. The molecule has 0 bridgehead atoms. The van der Waals surface area contributed by atoms with Gasteiger partial charge in [0.1, 0.15) is 0 Å². The molecule has 106 valence electrons. The number of hydrazine groups is 1. The highest BCUT2D eigenvalue weighted by atomic mass is 15.2. The van der Waals surface area contributed by atoms with E-state index in [0.29, 0.717) is 0 Å². The molecule has 0 saturated heterocycles. The Morgan fingerprint density at radius 3 is 2.67 bits per heavy atom. The number of rotatable bonds is 4. The molecule has 1 atom stereocenters. The summed E-state index contributed by atoms with van der Waals surface area (Å²) in [6.45, 7) is 2.14. The second kappa shape index (κ2) is 6.04. The molecule has 1 unspecified atom stereocenters. The van der Waals surface area contributed by atoms with Gasteiger partial charge in [0, 0.05) is 12.4 Å². The number of hydrogen-bond acceptors (Lipinski definition) is 3. The van der Waals surface area contributed by atoms with E-state index in [1.54, 1.807) is 0 Å². The van der Waals surface area contributed by atoms with Crippen LogP contribution in [0.2, 0.25) is 0 Å². The maximum absolute atomic E-state index is 5.88. The lowest BCUT2D eigenvalue weighted by atomic mass is 9.91. The normalized spacial score (nSPS) is 12.5. The average molecular weight is 277 g/mol. The summed E-state index contributed by atoms with van der Waals surface area (Å²) in [5.41, 5.74) is 6.57. The van der Waals surface area contributed by atoms with Crippen LogP contribution in [0.5, 0.6) is 0 Å². The summed E-state index contributed by atoms with van der Waals surface area (Å²) < 4.78 is 0. The zero-order chi connectivity index (χ0) is 14.7. The molecule has 0 spiro atoms. The van der Waals surface area contributed by atoms with Gasteiger partial charge in [0.05, 0.1) is 6.04 Å². The Hall–Kier alpha value is -2.23. The second-order valence-corrected chi connectivity index (χ2v) is 5.10. The van der Waals surface area contributed by atoms with Crippen LogP contribution in [0.4, 0.5) is 0 Å². The van der Waals surface area contributed by atoms with Gasteiger partial charge in [-0.05, 0) is 39.9 Å². The Morgan fingerprint density at radius 1 is 1.05 bits per heavy atom. The van der Waals surface area contributed by atoms with Crippen molar-refractivity contribution >= 4 is 10.8 Å². The topological polar surface area (TPSA) is 50.9 Å². The standard InChI is InChI=1S/C18H19N3/c1-2-13-12-20-11-10-16(13)18(21-19)17-9-5-7-14-6-3-4-8-15(14)17/h3-12,18,21H,2,19H2,1H3. The van der Waals surface area contributed by atoms with Gasteiger partial charge >= 0.3 is 0 Å². The molecule has 1 heterocycles. The van der Waals surface area contributed by atoms with Gasteiger partial charge in [-0.1, -0.05) is 49.4 Å². The number of fused-ring (bicyclic) bond motifs is 1. The Labute approximate surface area is 124 Å². The zero-order valence-corrected chi connectivity index (χ0v) is 12.1. The average Bonchev–Trinajstić information content (AvgIpc) is 2.56. The largest absolute Gasteiger partial charge is 0.271 e. The van der Waals surface area contributed by atoms with E-state index in [1.165, 1.54) is 27.5 Å². The van der Waals surface area contributed by atoms with Gasteiger partial charge in [-0.25, -0.2) is 5.43 Å². The molecule has 0 amide bonds. The second-order valence-electron chi connectivity index (χ2n) is 5.10. The molecule has 0 saturated carbocycles. The van der Waals surface area contributed by atoms with E-state index in [9.17, 15) is 0 Å². The van der Waals surface area contributed by atoms with Crippen LogP contribution < -0.4 is 11.3 Å². The molecule has 3 nitrogen and oxygen atoms in total. The van der Waals surface area contributed by atoms with Gasteiger partial charge in [-0.2, -0.15) is 0 Å². The van der Waals surface area contributed by atoms with Gasteiger partial charge in [0.2, 0.25) is 0 Å². The van der Waals surface area contributed by atoms with Crippen molar-refractivity contribution in [3.05, 3.63) is 77.6 Å². The fraction of sp³-hybridized carbons (Fsp3) is 0.167. The number of pyridine rings is 1. The van der Waals surface area contributed by atoms with Gasteiger partial charge in [0.15, 0.2) is 0 Å². The molecule has 21 heavy (non-hydrogen) atoms. The summed E-state index contributed by atoms with van der Waals surface area (Å²) in [4.78, 5) is 4.22. The van der Waals surface area contributed by atoms with Crippen molar-refractivity contribution in [1.82, 2.24) is 10.4 Å². The molecule has 0 aliphatic carbocycles. The fourth-order valence-corrected chi connectivity index (χ4v) is 2.86. The predicted molar refractivity (Wildman–Crippen MR) is 86.7 cm³/mol. The molecule has 2 aromatic carbocycles. The molecule has 3 heteroatoms. The molecule has 3 rings (SSSR count). The van der Waals surface area contributed by atoms with Crippen molar-refractivity contribution in [3.63, 3.8) is 0 Å². The molecule has 1 aromatic heterocycles. The van der Waals surface area contributed by atoms with Crippen LogP contribution in [0, 0.1) is 0 Å². The summed E-state index contributed by atoms with van der Waals surface area (Å²) in [6, 6.07) is 16.7. The third kappa shape index (κ3) is 2.53. The lowest BCUT2D eigenvalue weighted by Gasteiger charge is -2.21. The first-order chi connectivity index (χ1) is 10.3. The third-order valence-electron chi connectivity index (χ3n) is 3.93. The summed E-state index contributed by atoms with van der Waals surface area (Å²) in [7, 11) is 0. The molecule has 0 radical (unpaired) electrons. The smallest absolute Gasteiger partial charge is 0.0719 e. The molecule has 3 N–H and O–H groups in total. The first-order valence-corrected chi connectivity index (χ1v) is 7.21. The number of nitrogens with two attached hydrogens (primary N) is 1. The monoisotopic (exact) mass is 277 g/mol. The maximum atomic E-state index is 5.88. The highest BCUT2D eigenvalue weighted by Gasteiger charge is 2.17. The van der Waals surface area contributed by atoms with Crippen molar-refractivity contribution in [2.24, 2.45) is 5.84 Å². The Kier molecular flexibility index (Phi) is 3.95. The summed E-state index contributed by atoms with van der Waals surface area (Å²) >= 11 is 0. The quantitative estimate of drug-likeness (QED) is 0.568. The minimum absolute atomic E-state index is 0.0333. The molecular weight excluding hydrogens is 258 g/mol. The van der Waals surface area contributed by atoms with Crippen molar-refractivity contribution in [1.29, 1.82) is 0 Å². The van der Waals surface area contributed by atoms with Crippen molar-refractivity contribution in [3.8, 4) is 0 Å². The van der Waals surface area contributed by atoms with Crippen LogP contribution in [0.25, 0.3) is 10.8 Å². The van der Waals surface area contributed by atoms with Crippen molar-refractivity contribution < 1.29 is 0 Å². The van der Waals surface area contributed by atoms with Gasteiger partial charge in [-0.3, -0.25) is 10.8 Å². The number of aromatic nitrogens is 1. The maximum Gasteiger partial charge on any atom is 0.0719 e. The number of aryl methyl sites for hydroxylation is 1. The van der Waals surface area contributed by atoms with Crippen LogP contribution in [-0.4, -0.2) is 4.98 Å². The van der Waals surface area contributed by atoms with E-state index in [0.717, 1.165) is 6.42 Å². The molecule has 0 aliphatic rings. The van der Waals surface area contributed by atoms with Crippen LogP contribution >= 0.6 is 0 Å². The highest BCUT2D eigenvalue weighted by molar-refractivity contribution is 5.86. The van der Waals surface area contributed by atoms with Crippen LogP contribution in [0.15, 0.2) is 60.9 Å². The Balaban J connectivity index is 2.19. The lowest BCUT2D eigenvalue weighted by Crippen LogP contribution is -2.29.